The molecule has 1 aromatic rings. The largest absolute Gasteiger partial charge is 0.375 e. The Morgan fingerprint density at radius 2 is 1.69 bits per heavy atom. The lowest BCUT2D eigenvalue weighted by atomic mass is 9.87. The first-order chi connectivity index (χ1) is 7.45. The molecule has 0 aliphatic heterocycles. The fraction of sp³-hybridized carbons (Fsp3) is 0.571. The van der Waals surface area contributed by atoms with Gasteiger partial charge in [-0.15, -0.1) is 0 Å². The van der Waals surface area contributed by atoms with Crippen LogP contribution in [0.1, 0.15) is 32.8 Å². The monoisotopic (exact) mass is 220 g/mol. The summed E-state index contributed by atoms with van der Waals surface area (Å²) in [6.07, 6.45) is 1.04. The summed E-state index contributed by atoms with van der Waals surface area (Å²) in [5, 5.41) is 0. The molecule has 0 radical (unpaired) electrons. The van der Waals surface area contributed by atoms with Gasteiger partial charge in [0.2, 0.25) is 0 Å². The van der Waals surface area contributed by atoms with Crippen LogP contribution in [0.3, 0.4) is 0 Å². The molecule has 0 amide bonds. The average Bonchev–Trinajstić information content (AvgIpc) is 2.25. The number of nitrogens with two attached hydrogens (primary N) is 1. The molecule has 90 valence electrons. The van der Waals surface area contributed by atoms with Crippen molar-refractivity contribution >= 4 is 5.69 Å². The van der Waals surface area contributed by atoms with Gasteiger partial charge < -0.3 is 10.6 Å². The van der Waals surface area contributed by atoms with Crippen molar-refractivity contribution in [2.24, 2.45) is 5.73 Å². The lowest BCUT2D eigenvalue weighted by molar-refractivity contribution is 0.590. The molecule has 0 bridgehead atoms. The van der Waals surface area contributed by atoms with E-state index in [2.05, 4.69) is 57.0 Å². The van der Waals surface area contributed by atoms with Crippen molar-refractivity contribution in [1.29, 1.82) is 0 Å². The first-order valence-corrected chi connectivity index (χ1v) is 5.97. The van der Waals surface area contributed by atoms with Crippen molar-refractivity contribution in [1.82, 2.24) is 0 Å². The number of rotatable bonds is 4. The molecule has 2 N–H and O–H groups in total. The molecule has 0 saturated carbocycles. The van der Waals surface area contributed by atoms with Gasteiger partial charge in [0, 0.05) is 19.3 Å². The molecular weight excluding hydrogens is 196 g/mol. The van der Waals surface area contributed by atoms with Gasteiger partial charge in [-0.3, -0.25) is 0 Å². The molecular formula is C14H24N2. The predicted molar refractivity (Wildman–Crippen MR) is 72.1 cm³/mol. The fourth-order valence-corrected chi connectivity index (χ4v) is 1.67. The maximum absolute atomic E-state index is 5.51. The maximum Gasteiger partial charge on any atom is 0.0363 e. The molecule has 0 atom stereocenters. The van der Waals surface area contributed by atoms with Gasteiger partial charge in [-0.05, 0) is 36.1 Å². The zero-order valence-corrected chi connectivity index (χ0v) is 11.0. The molecule has 0 heterocycles. The molecule has 0 fully saturated rings. The van der Waals surface area contributed by atoms with Crippen molar-refractivity contribution in [3.05, 3.63) is 29.8 Å². The standard InChI is InChI=1S/C14H24N2/c1-14(2,3)12-6-8-13(9-7-12)16(4)11-5-10-15/h6-9H,5,10-11,15H2,1-4H3. The molecule has 2 nitrogen and oxygen atoms in total. The number of anilines is 1. The fourth-order valence-electron chi connectivity index (χ4n) is 1.67. The number of hydrogen-bond acceptors (Lipinski definition) is 2. The van der Waals surface area contributed by atoms with E-state index in [1.165, 1.54) is 11.3 Å². The van der Waals surface area contributed by atoms with Crippen LogP contribution in [0.5, 0.6) is 0 Å². The summed E-state index contributed by atoms with van der Waals surface area (Å²) < 4.78 is 0. The minimum atomic E-state index is 0.231. The van der Waals surface area contributed by atoms with Crippen LogP contribution in [0, 0.1) is 0 Å². The van der Waals surface area contributed by atoms with Gasteiger partial charge in [0.15, 0.2) is 0 Å². The summed E-state index contributed by atoms with van der Waals surface area (Å²) >= 11 is 0. The zero-order valence-electron chi connectivity index (χ0n) is 11.0. The minimum absolute atomic E-state index is 0.231. The van der Waals surface area contributed by atoms with E-state index in [-0.39, 0.29) is 5.41 Å². The first-order valence-electron chi connectivity index (χ1n) is 5.97. The topological polar surface area (TPSA) is 29.3 Å². The van der Waals surface area contributed by atoms with E-state index in [0.29, 0.717) is 0 Å². The Hall–Kier alpha value is -1.02. The van der Waals surface area contributed by atoms with Crippen LogP contribution >= 0.6 is 0 Å². The van der Waals surface area contributed by atoms with E-state index < -0.39 is 0 Å². The molecule has 1 aromatic carbocycles. The summed E-state index contributed by atoms with van der Waals surface area (Å²) in [6.45, 7) is 8.48. The van der Waals surface area contributed by atoms with E-state index in [0.717, 1.165) is 19.5 Å². The van der Waals surface area contributed by atoms with E-state index in [1.54, 1.807) is 0 Å². The first kappa shape index (κ1) is 13.0. The quantitative estimate of drug-likeness (QED) is 0.845. The highest BCUT2D eigenvalue weighted by Crippen LogP contribution is 2.24. The third-order valence-corrected chi connectivity index (χ3v) is 2.87. The third kappa shape index (κ3) is 3.53. The Morgan fingerprint density at radius 1 is 1.12 bits per heavy atom. The van der Waals surface area contributed by atoms with Crippen LogP contribution in [0.4, 0.5) is 5.69 Å². The molecule has 0 aromatic heterocycles. The second-order valence-corrected chi connectivity index (χ2v) is 5.36. The Morgan fingerprint density at radius 3 is 2.12 bits per heavy atom. The molecule has 0 saturated heterocycles. The minimum Gasteiger partial charge on any atom is -0.375 e. The van der Waals surface area contributed by atoms with Crippen LogP contribution in [-0.2, 0) is 5.41 Å². The molecule has 2 heteroatoms. The van der Waals surface area contributed by atoms with Crippen molar-refractivity contribution in [3.63, 3.8) is 0 Å². The van der Waals surface area contributed by atoms with Crippen LogP contribution in [0.2, 0.25) is 0 Å². The van der Waals surface area contributed by atoms with Crippen LogP contribution in [-0.4, -0.2) is 20.1 Å². The van der Waals surface area contributed by atoms with Gasteiger partial charge >= 0.3 is 0 Å². The third-order valence-electron chi connectivity index (χ3n) is 2.87. The molecule has 0 unspecified atom stereocenters. The zero-order chi connectivity index (χ0) is 12.2. The summed E-state index contributed by atoms with van der Waals surface area (Å²) in [4.78, 5) is 2.25. The Labute approximate surface area is 99.5 Å². The van der Waals surface area contributed by atoms with Crippen molar-refractivity contribution < 1.29 is 0 Å². The molecule has 1 rings (SSSR count). The molecule has 16 heavy (non-hydrogen) atoms. The summed E-state index contributed by atoms with van der Waals surface area (Å²) in [5.41, 5.74) is 8.38. The molecule has 0 spiro atoms. The normalized spacial score (nSPS) is 11.6. The van der Waals surface area contributed by atoms with Crippen molar-refractivity contribution in [2.45, 2.75) is 32.6 Å². The lowest BCUT2D eigenvalue weighted by Gasteiger charge is -2.22. The van der Waals surface area contributed by atoms with Crippen LogP contribution in [0.25, 0.3) is 0 Å². The van der Waals surface area contributed by atoms with E-state index >= 15 is 0 Å². The SMILES string of the molecule is CN(CCCN)c1ccc(C(C)(C)C)cc1. The summed E-state index contributed by atoms with van der Waals surface area (Å²) in [5.74, 6) is 0. The van der Waals surface area contributed by atoms with Crippen molar-refractivity contribution in [3.8, 4) is 0 Å². The Kier molecular flexibility index (Phi) is 4.36. The van der Waals surface area contributed by atoms with Gasteiger partial charge in [0.1, 0.15) is 0 Å². The second kappa shape index (κ2) is 5.35. The van der Waals surface area contributed by atoms with E-state index in [9.17, 15) is 0 Å². The van der Waals surface area contributed by atoms with Gasteiger partial charge in [0.25, 0.3) is 0 Å². The summed E-state index contributed by atoms with van der Waals surface area (Å²) in [7, 11) is 2.11. The molecule has 0 aliphatic carbocycles. The highest BCUT2D eigenvalue weighted by atomic mass is 15.1. The highest BCUT2D eigenvalue weighted by Gasteiger charge is 2.13. The number of nitrogens with zero attached hydrogens (tertiary/aromatic N) is 1. The van der Waals surface area contributed by atoms with Gasteiger partial charge in [-0.1, -0.05) is 32.9 Å². The average molecular weight is 220 g/mol. The van der Waals surface area contributed by atoms with E-state index in [4.69, 9.17) is 5.73 Å². The number of benzene rings is 1. The highest BCUT2D eigenvalue weighted by molar-refractivity contribution is 5.47. The van der Waals surface area contributed by atoms with Gasteiger partial charge in [0.05, 0.1) is 0 Å². The maximum atomic E-state index is 5.51. The van der Waals surface area contributed by atoms with Gasteiger partial charge in [-0.2, -0.15) is 0 Å². The van der Waals surface area contributed by atoms with Crippen LogP contribution in [0.15, 0.2) is 24.3 Å². The van der Waals surface area contributed by atoms with E-state index in [1.807, 2.05) is 0 Å². The molecule has 0 aliphatic rings. The van der Waals surface area contributed by atoms with Crippen LogP contribution < -0.4 is 10.6 Å². The number of hydrogen-bond donors (Lipinski definition) is 1. The smallest absolute Gasteiger partial charge is 0.0363 e. The second-order valence-electron chi connectivity index (χ2n) is 5.36. The predicted octanol–water partition coefficient (Wildman–Crippen LogP) is 2.77. The Balaban J connectivity index is 2.71. The lowest BCUT2D eigenvalue weighted by Crippen LogP contribution is -2.21. The summed E-state index contributed by atoms with van der Waals surface area (Å²) in [6, 6.07) is 8.82. The van der Waals surface area contributed by atoms with Gasteiger partial charge in [-0.25, -0.2) is 0 Å². The Bertz CT molecular complexity index is 309. The van der Waals surface area contributed by atoms with Crippen molar-refractivity contribution in [2.75, 3.05) is 25.0 Å².